The number of aryl methyl sites for hydroxylation is 4. The van der Waals surface area contributed by atoms with E-state index < -0.39 is 0 Å². The Morgan fingerprint density at radius 1 is 1.20 bits per heavy atom. The van der Waals surface area contributed by atoms with E-state index in [0.717, 1.165) is 28.3 Å². The standard InChI is InChI=1S/C16H22BrN3/c1-5-6-7-20-10-13(4)18-16(20)19-15-11(2)8-14(17)9-12(15)3/h8-10H,5-7H2,1-4H3,(H,18,19). The summed E-state index contributed by atoms with van der Waals surface area (Å²) in [7, 11) is 0. The van der Waals surface area contributed by atoms with Crippen molar-refractivity contribution in [2.24, 2.45) is 0 Å². The zero-order valence-corrected chi connectivity index (χ0v) is 14.2. The van der Waals surface area contributed by atoms with Gasteiger partial charge in [0.15, 0.2) is 0 Å². The van der Waals surface area contributed by atoms with Crippen LogP contribution in [0.5, 0.6) is 0 Å². The van der Waals surface area contributed by atoms with Gasteiger partial charge in [-0.3, -0.25) is 0 Å². The second kappa shape index (κ2) is 6.44. The van der Waals surface area contributed by atoms with Gasteiger partial charge >= 0.3 is 0 Å². The number of nitrogens with zero attached hydrogens (tertiary/aromatic N) is 2. The SMILES string of the molecule is CCCCn1cc(C)nc1Nc1c(C)cc(Br)cc1C. The molecule has 0 radical (unpaired) electrons. The first-order chi connectivity index (χ1) is 9.51. The van der Waals surface area contributed by atoms with Gasteiger partial charge in [-0.05, 0) is 50.5 Å². The number of hydrogen-bond donors (Lipinski definition) is 1. The molecule has 0 aliphatic carbocycles. The van der Waals surface area contributed by atoms with Crippen LogP contribution < -0.4 is 5.32 Å². The summed E-state index contributed by atoms with van der Waals surface area (Å²) in [6.07, 6.45) is 4.47. The van der Waals surface area contributed by atoms with Gasteiger partial charge in [-0.25, -0.2) is 4.98 Å². The topological polar surface area (TPSA) is 29.9 Å². The van der Waals surface area contributed by atoms with Crippen molar-refractivity contribution >= 4 is 27.6 Å². The molecule has 20 heavy (non-hydrogen) atoms. The molecule has 108 valence electrons. The molecule has 3 nitrogen and oxygen atoms in total. The molecule has 0 bridgehead atoms. The predicted octanol–water partition coefficient (Wildman–Crippen LogP) is 5.11. The van der Waals surface area contributed by atoms with E-state index in [-0.39, 0.29) is 0 Å². The van der Waals surface area contributed by atoms with E-state index in [1.165, 1.54) is 24.0 Å². The maximum atomic E-state index is 4.60. The predicted molar refractivity (Wildman–Crippen MR) is 88.8 cm³/mol. The lowest BCUT2D eigenvalue weighted by molar-refractivity contribution is 0.637. The van der Waals surface area contributed by atoms with Gasteiger partial charge in [-0.15, -0.1) is 0 Å². The van der Waals surface area contributed by atoms with E-state index >= 15 is 0 Å². The number of halogens is 1. The van der Waals surface area contributed by atoms with Crippen LogP contribution in [-0.2, 0) is 6.54 Å². The van der Waals surface area contributed by atoms with Crippen LogP contribution in [0, 0.1) is 20.8 Å². The molecule has 2 rings (SSSR count). The minimum Gasteiger partial charge on any atom is -0.325 e. The van der Waals surface area contributed by atoms with Crippen molar-refractivity contribution in [1.82, 2.24) is 9.55 Å². The summed E-state index contributed by atoms with van der Waals surface area (Å²) in [5, 5.41) is 3.50. The highest BCUT2D eigenvalue weighted by Crippen LogP contribution is 2.28. The summed E-state index contributed by atoms with van der Waals surface area (Å²) in [5.41, 5.74) is 4.65. The minimum absolute atomic E-state index is 0.935. The molecule has 1 aromatic heterocycles. The van der Waals surface area contributed by atoms with Crippen molar-refractivity contribution < 1.29 is 0 Å². The number of benzene rings is 1. The molecular formula is C16H22BrN3. The smallest absolute Gasteiger partial charge is 0.207 e. The van der Waals surface area contributed by atoms with Crippen LogP contribution in [0.4, 0.5) is 11.6 Å². The Balaban J connectivity index is 2.30. The largest absolute Gasteiger partial charge is 0.325 e. The summed E-state index contributed by atoms with van der Waals surface area (Å²) in [5.74, 6) is 0.935. The van der Waals surface area contributed by atoms with Crippen LogP contribution in [0.2, 0.25) is 0 Å². The van der Waals surface area contributed by atoms with Gasteiger partial charge in [-0.2, -0.15) is 0 Å². The second-order valence-electron chi connectivity index (χ2n) is 5.29. The molecule has 1 aromatic carbocycles. The van der Waals surface area contributed by atoms with Crippen molar-refractivity contribution in [2.75, 3.05) is 5.32 Å². The Labute approximate surface area is 129 Å². The van der Waals surface area contributed by atoms with Crippen molar-refractivity contribution in [3.05, 3.63) is 39.6 Å². The Bertz CT molecular complexity index is 579. The van der Waals surface area contributed by atoms with E-state index in [1.54, 1.807) is 0 Å². The molecular weight excluding hydrogens is 314 g/mol. The number of rotatable bonds is 5. The highest BCUT2D eigenvalue weighted by molar-refractivity contribution is 9.10. The minimum atomic E-state index is 0.935. The van der Waals surface area contributed by atoms with E-state index in [0.29, 0.717) is 0 Å². The summed E-state index contributed by atoms with van der Waals surface area (Å²) in [4.78, 5) is 4.60. The maximum absolute atomic E-state index is 4.60. The highest BCUT2D eigenvalue weighted by Gasteiger charge is 2.09. The third-order valence-electron chi connectivity index (χ3n) is 3.38. The van der Waals surface area contributed by atoms with Crippen LogP contribution in [0.15, 0.2) is 22.8 Å². The highest BCUT2D eigenvalue weighted by atomic mass is 79.9. The van der Waals surface area contributed by atoms with Gasteiger partial charge in [0.25, 0.3) is 0 Å². The van der Waals surface area contributed by atoms with Crippen molar-refractivity contribution in [1.29, 1.82) is 0 Å². The van der Waals surface area contributed by atoms with Gasteiger partial charge in [0.2, 0.25) is 5.95 Å². The van der Waals surface area contributed by atoms with Crippen LogP contribution >= 0.6 is 15.9 Å². The molecule has 0 aliphatic heterocycles. The van der Waals surface area contributed by atoms with Crippen molar-refractivity contribution in [3.63, 3.8) is 0 Å². The normalized spacial score (nSPS) is 10.8. The molecule has 0 saturated heterocycles. The molecule has 0 amide bonds. The average molecular weight is 336 g/mol. The van der Waals surface area contributed by atoms with Crippen molar-refractivity contribution in [3.8, 4) is 0 Å². The van der Waals surface area contributed by atoms with E-state index in [4.69, 9.17) is 0 Å². The Morgan fingerprint density at radius 2 is 1.85 bits per heavy atom. The lowest BCUT2D eigenvalue weighted by Crippen LogP contribution is -2.05. The molecule has 2 aromatic rings. The molecule has 0 atom stereocenters. The van der Waals surface area contributed by atoms with Crippen LogP contribution in [0.3, 0.4) is 0 Å². The number of anilines is 2. The van der Waals surface area contributed by atoms with Gasteiger partial charge in [-0.1, -0.05) is 29.3 Å². The average Bonchev–Trinajstić information content (AvgIpc) is 2.71. The fourth-order valence-corrected chi connectivity index (χ4v) is 3.05. The Morgan fingerprint density at radius 3 is 2.45 bits per heavy atom. The summed E-state index contributed by atoms with van der Waals surface area (Å²) in [6.45, 7) is 9.49. The Hall–Kier alpha value is -1.29. The van der Waals surface area contributed by atoms with E-state index in [9.17, 15) is 0 Å². The quantitative estimate of drug-likeness (QED) is 0.822. The Kier molecular flexibility index (Phi) is 4.86. The molecule has 0 unspecified atom stereocenters. The lowest BCUT2D eigenvalue weighted by atomic mass is 10.1. The van der Waals surface area contributed by atoms with Crippen LogP contribution in [0.25, 0.3) is 0 Å². The zero-order valence-electron chi connectivity index (χ0n) is 12.6. The van der Waals surface area contributed by atoms with Crippen LogP contribution in [-0.4, -0.2) is 9.55 Å². The monoisotopic (exact) mass is 335 g/mol. The van der Waals surface area contributed by atoms with E-state index in [2.05, 4.69) is 69.9 Å². The molecule has 0 aliphatic rings. The molecule has 0 saturated carbocycles. The summed E-state index contributed by atoms with van der Waals surface area (Å²) < 4.78 is 3.32. The maximum Gasteiger partial charge on any atom is 0.207 e. The molecule has 1 N–H and O–H groups in total. The molecule has 0 fully saturated rings. The summed E-state index contributed by atoms with van der Waals surface area (Å²) >= 11 is 3.54. The molecule has 1 heterocycles. The lowest BCUT2D eigenvalue weighted by Gasteiger charge is -2.14. The first kappa shape index (κ1) is 15.1. The van der Waals surface area contributed by atoms with Crippen LogP contribution in [0.1, 0.15) is 36.6 Å². The number of unbranched alkanes of at least 4 members (excludes halogenated alkanes) is 1. The number of aromatic nitrogens is 2. The van der Waals surface area contributed by atoms with Gasteiger partial charge in [0, 0.05) is 22.9 Å². The third-order valence-corrected chi connectivity index (χ3v) is 3.84. The van der Waals surface area contributed by atoms with Gasteiger partial charge in [0.05, 0.1) is 5.69 Å². The fraction of sp³-hybridized carbons (Fsp3) is 0.438. The first-order valence-corrected chi connectivity index (χ1v) is 7.88. The molecule has 0 spiro atoms. The number of imidazole rings is 1. The third kappa shape index (κ3) is 3.42. The van der Waals surface area contributed by atoms with Crippen molar-refractivity contribution in [2.45, 2.75) is 47.1 Å². The van der Waals surface area contributed by atoms with Gasteiger partial charge in [0.1, 0.15) is 0 Å². The summed E-state index contributed by atoms with van der Waals surface area (Å²) in [6, 6.07) is 4.25. The first-order valence-electron chi connectivity index (χ1n) is 7.08. The number of hydrogen-bond acceptors (Lipinski definition) is 2. The zero-order chi connectivity index (χ0) is 14.7. The molecule has 4 heteroatoms. The fourth-order valence-electron chi connectivity index (χ4n) is 2.37. The van der Waals surface area contributed by atoms with E-state index in [1.807, 2.05) is 6.92 Å². The van der Waals surface area contributed by atoms with Gasteiger partial charge < -0.3 is 9.88 Å². The second-order valence-corrected chi connectivity index (χ2v) is 6.21. The number of nitrogens with one attached hydrogen (secondary N) is 1.